The van der Waals surface area contributed by atoms with Crippen LogP contribution in [0, 0.1) is 0 Å². The summed E-state index contributed by atoms with van der Waals surface area (Å²) in [6.07, 6.45) is 11.4. The van der Waals surface area contributed by atoms with Crippen LogP contribution in [0.4, 0.5) is 0 Å². The van der Waals surface area contributed by atoms with Crippen LogP contribution in [-0.4, -0.2) is 0 Å². The summed E-state index contributed by atoms with van der Waals surface area (Å²) < 4.78 is 0. The lowest BCUT2D eigenvalue weighted by atomic mass is 9.97. The van der Waals surface area contributed by atoms with E-state index in [0.717, 1.165) is 0 Å². The lowest BCUT2D eigenvalue weighted by Crippen LogP contribution is -1.90. The Bertz CT molecular complexity index is 168. The van der Waals surface area contributed by atoms with Gasteiger partial charge in [-0.05, 0) is 46.0 Å². The third kappa shape index (κ3) is 3.41. The molecule has 0 radical (unpaired) electrons. The normalized spacial score (nSPS) is 17.5. The molecule has 0 aromatic heterocycles. The summed E-state index contributed by atoms with van der Waals surface area (Å²) >= 11 is 0. The maximum absolute atomic E-state index is 2.42. The van der Waals surface area contributed by atoms with E-state index in [1.54, 1.807) is 5.57 Å². The number of hydrogen-bond donors (Lipinski definition) is 0. The first-order valence-corrected chi connectivity index (χ1v) is 4.60. The first kappa shape index (κ1) is 8.58. The summed E-state index contributed by atoms with van der Waals surface area (Å²) in [4.78, 5) is 0. The molecule has 0 saturated carbocycles. The fourth-order valence-corrected chi connectivity index (χ4v) is 1.43. The second-order valence-electron chi connectivity index (χ2n) is 3.59. The Hall–Kier alpha value is -0.520. The van der Waals surface area contributed by atoms with Crippen LogP contribution in [0.15, 0.2) is 23.3 Å². The minimum absolute atomic E-state index is 1.20. The molecule has 1 rings (SSSR count). The van der Waals surface area contributed by atoms with Crippen molar-refractivity contribution < 1.29 is 0 Å². The minimum atomic E-state index is 1.20. The Labute approximate surface area is 70.0 Å². The van der Waals surface area contributed by atoms with Crippen LogP contribution in [0.1, 0.15) is 46.0 Å². The quantitative estimate of drug-likeness (QED) is 0.524. The van der Waals surface area contributed by atoms with Gasteiger partial charge < -0.3 is 0 Å². The molecule has 0 aliphatic heterocycles. The van der Waals surface area contributed by atoms with Crippen molar-refractivity contribution in [1.82, 2.24) is 0 Å². The van der Waals surface area contributed by atoms with Crippen LogP contribution in [0.3, 0.4) is 0 Å². The van der Waals surface area contributed by atoms with E-state index in [4.69, 9.17) is 0 Å². The van der Waals surface area contributed by atoms with Crippen molar-refractivity contribution in [2.24, 2.45) is 0 Å². The summed E-state index contributed by atoms with van der Waals surface area (Å²) in [5.74, 6) is 0. The maximum Gasteiger partial charge on any atom is -0.0136 e. The van der Waals surface area contributed by atoms with E-state index in [-0.39, 0.29) is 0 Å². The summed E-state index contributed by atoms with van der Waals surface area (Å²) in [5, 5.41) is 0. The third-order valence-corrected chi connectivity index (χ3v) is 2.16. The molecule has 0 saturated heterocycles. The molecule has 0 heterocycles. The van der Waals surface area contributed by atoms with Crippen LogP contribution in [0.25, 0.3) is 0 Å². The summed E-state index contributed by atoms with van der Waals surface area (Å²) in [6, 6.07) is 0. The molecule has 11 heavy (non-hydrogen) atoms. The van der Waals surface area contributed by atoms with E-state index in [1.165, 1.54) is 37.7 Å². The Morgan fingerprint density at radius 3 is 2.82 bits per heavy atom. The predicted octanol–water partition coefficient (Wildman–Crippen LogP) is 3.84. The second kappa shape index (κ2) is 4.38. The van der Waals surface area contributed by atoms with Gasteiger partial charge in [0, 0.05) is 0 Å². The molecule has 0 fully saturated rings. The van der Waals surface area contributed by atoms with E-state index in [1.807, 2.05) is 0 Å². The van der Waals surface area contributed by atoms with E-state index >= 15 is 0 Å². The van der Waals surface area contributed by atoms with Gasteiger partial charge in [-0.2, -0.15) is 0 Å². The molecule has 0 nitrogen and oxygen atoms in total. The fourth-order valence-electron chi connectivity index (χ4n) is 1.43. The zero-order valence-corrected chi connectivity index (χ0v) is 7.69. The van der Waals surface area contributed by atoms with Crippen molar-refractivity contribution in [1.29, 1.82) is 0 Å². The molecular formula is C11H18. The Morgan fingerprint density at radius 2 is 2.27 bits per heavy atom. The van der Waals surface area contributed by atoms with Crippen molar-refractivity contribution in [3.63, 3.8) is 0 Å². The van der Waals surface area contributed by atoms with Crippen molar-refractivity contribution >= 4 is 0 Å². The van der Waals surface area contributed by atoms with Gasteiger partial charge in [0.1, 0.15) is 0 Å². The Balaban J connectivity index is 2.36. The first-order valence-electron chi connectivity index (χ1n) is 4.60. The Morgan fingerprint density at radius 1 is 1.45 bits per heavy atom. The lowest BCUT2D eigenvalue weighted by Gasteiger charge is -2.10. The van der Waals surface area contributed by atoms with Crippen LogP contribution in [-0.2, 0) is 0 Å². The van der Waals surface area contributed by atoms with E-state index in [9.17, 15) is 0 Å². The van der Waals surface area contributed by atoms with E-state index in [0.29, 0.717) is 0 Å². The van der Waals surface area contributed by atoms with Crippen molar-refractivity contribution in [2.45, 2.75) is 46.0 Å². The molecule has 0 atom stereocenters. The number of hydrogen-bond acceptors (Lipinski definition) is 0. The van der Waals surface area contributed by atoms with Crippen LogP contribution in [0.2, 0.25) is 0 Å². The molecule has 0 heteroatoms. The molecule has 0 amide bonds. The largest absolute Gasteiger partial charge is 0.0850 e. The summed E-state index contributed by atoms with van der Waals surface area (Å²) in [6.45, 7) is 4.34. The highest BCUT2D eigenvalue weighted by atomic mass is 14.1. The molecule has 0 spiro atoms. The van der Waals surface area contributed by atoms with Crippen LogP contribution in [0.5, 0.6) is 0 Å². The van der Waals surface area contributed by atoms with Crippen molar-refractivity contribution in [3.8, 4) is 0 Å². The van der Waals surface area contributed by atoms with Crippen molar-refractivity contribution in [2.75, 3.05) is 0 Å². The molecule has 62 valence electrons. The third-order valence-electron chi connectivity index (χ3n) is 2.16. The lowest BCUT2D eigenvalue weighted by molar-refractivity contribution is 0.691. The molecule has 0 bridgehead atoms. The van der Waals surface area contributed by atoms with E-state index < -0.39 is 0 Å². The Kier molecular flexibility index (Phi) is 3.41. The summed E-state index contributed by atoms with van der Waals surface area (Å²) in [5.41, 5.74) is 3.09. The molecule has 1 aliphatic carbocycles. The van der Waals surface area contributed by atoms with E-state index in [2.05, 4.69) is 26.0 Å². The van der Waals surface area contributed by atoms with Crippen LogP contribution < -0.4 is 0 Å². The molecule has 0 unspecified atom stereocenters. The standard InChI is InChI=1S/C11H18/c1-10(2)8-9-11-6-4-3-5-7-11/h6,8H,3-5,7,9H2,1-2H3. The first-order chi connectivity index (χ1) is 5.29. The summed E-state index contributed by atoms with van der Waals surface area (Å²) in [7, 11) is 0. The van der Waals surface area contributed by atoms with Gasteiger partial charge in [0.05, 0.1) is 0 Å². The molecule has 0 N–H and O–H groups in total. The number of rotatable bonds is 2. The minimum Gasteiger partial charge on any atom is -0.0850 e. The van der Waals surface area contributed by atoms with Gasteiger partial charge in [-0.1, -0.05) is 23.3 Å². The van der Waals surface area contributed by atoms with Gasteiger partial charge in [-0.25, -0.2) is 0 Å². The van der Waals surface area contributed by atoms with Gasteiger partial charge in [0.25, 0.3) is 0 Å². The zero-order chi connectivity index (χ0) is 8.10. The van der Waals surface area contributed by atoms with Crippen LogP contribution >= 0.6 is 0 Å². The maximum atomic E-state index is 2.42. The average Bonchev–Trinajstić information content (AvgIpc) is 2.03. The predicted molar refractivity (Wildman–Crippen MR) is 50.6 cm³/mol. The fraction of sp³-hybridized carbons (Fsp3) is 0.636. The van der Waals surface area contributed by atoms with Gasteiger partial charge in [-0.3, -0.25) is 0 Å². The smallest absolute Gasteiger partial charge is 0.0136 e. The zero-order valence-electron chi connectivity index (χ0n) is 7.69. The van der Waals surface area contributed by atoms with Gasteiger partial charge in [-0.15, -0.1) is 0 Å². The highest BCUT2D eigenvalue weighted by Gasteiger charge is 2.00. The average molecular weight is 150 g/mol. The number of allylic oxidation sites excluding steroid dienone is 4. The molecule has 0 aromatic carbocycles. The molecule has 0 aromatic rings. The van der Waals surface area contributed by atoms with Gasteiger partial charge in [0.15, 0.2) is 0 Å². The van der Waals surface area contributed by atoms with Gasteiger partial charge >= 0.3 is 0 Å². The molecular weight excluding hydrogens is 132 g/mol. The molecule has 1 aliphatic rings. The monoisotopic (exact) mass is 150 g/mol. The SMILES string of the molecule is CC(C)=CCC1=CCCCC1. The van der Waals surface area contributed by atoms with Crippen molar-refractivity contribution in [3.05, 3.63) is 23.3 Å². The highest BCUT2D eigenvalue weighted by Crippen LogP contribution is 2.20. The highest BCUT2D eigenvalue weighted by molar-refractivity contribution is 5.11. The van der Waals surface area contributed by atoms with Gasteiger partial charge in [0.2, 0.25) is 0 Å². The second-order valence-corrected chi connectivity index (χ2v) is 3.59. The topological polar surface area (TPSA) is 0 Å².